The molecule has 0 spiro atoms. The van der Waals surface area contributed by atoms with Gasteiger partial charge in [0.05, 0.1) is 22.6 Å². The normalized spacial score (nSPS) is 15.1. The fourth-order valence-corrected chi connectivity index (χ4v) is 4.63. The number of carbonyl (C=O) groups is 1. The lowest BCUT2D eigenvalue weighted by atomic mass is 10.0. The van der Waals surface area contributed by atoms with Gasteiger partial charge in [-0.05, 0) is 37.3 Å². The van der Waals surface area contributed by atoms with Crippen LogP contribution in [-0.4, -0.2) is 44.9 Å². The number of fused-ring (bicyclic) bond motifs is 2. The van der Waals surface area contributed by atoms with Crippen LogP contribution in [0.1, 0.15) is 34.7 Å². The molecule has 1 atom stereocenters. The van der Waals surface area contributed by atoms with Crippen LogP contribution in [0.25, 0.3) is 22.8 Å². The van der Waals surface area contributed by atoms with Crippen molar-refractivity contribution in [1.82, 2.24) is 30.0 Å². The number of nitrogens with zero attached hydrogens (tertiary/aromatic N) is 4. The summed E-state index contributed by atoms with van der Waals surface area (Å²) in [6.45, 7) is 4.05. The summed E-state index contributed by atoms with van der Waals surface area (Å²) in [5, 5.41) is 14.0. The van der Waals surface area contributed by atoms with E-state index in [0.717, 1.165) is 13.1 Å². The van der Waals surface area contributed by atoms with Crippen LogP contribution < -0.4 is 27.2 Å². The van der Waals surface area contributed by atoms with E-state index in [-0.39, 0.29) is 22.9 Å². The van der Waals surface area contributed by atoms with Crippen molar-refractivity contribution >= 4 is 34.6 Å². The number of amides is 1. The number of anilines is 2. The van der Waals surface area contributed by atoms with Crippen molar-refractivity contribution in [2.75, 3.05) is 30.7 Å². The molecule has 6 rings (SSSR count). The number of rotatable bonds is 4. The zero-order valence-electron chi connectivity index (χ0n) is 20.7. The molecule has 2 aromatic heterocycles. The molecule has 38 heavy (non-hydrogen) atoms. The highest BCUT2D eigenvalue weighted by molar-refractivity contribution is 6.04. The summed E-state index contributed by atoms with van der Waals surface area (Å²) >= 11 is 0. The summed E-state index contributed by atoms with van der Waals surface area (Å²) in [5.41, 5.74) is 7.88. The Bertz CT molecular complexity index is 1700. The van der Waals surface area contributed by atoms with Crippen LogP contribution in [0.15, 0.2) is 59.4 Å². The van der Waals surface area contributed by atoms with Crippen LogP contribution in [-0.2, 0) is 0 Å². The Morgan fingerprint density at radius 2 is 2.00 bits per heavy atom. The second kappa shape index (κ2) is 9.53. The molecule has 0 saturated carbocycles. The fourth-order valence-electron chi connectivity index (χ4n) is 4.63. The number of aromatic nitrogens is 4. The van der Waals surface area contributed by atoms with Crippen LogP contribution >= 0.6 is 0 Å². The largest absolute Gasteiger partial charge is 0.381 e. The molecule has 1 unspecified atom stereocenters. The first-order valence-electron chi connectivity index (χ1n) is 12.4. The number of carbonyl (C=O) groups excluding carboxylic acids is 1. The average molecular weight is 507 g/mol. The molecule has 2 aliphatic heterocycles. The molecule has 10 nitrogen and oxygen atoms in total. The number of para-hydroxylation sites is 1. The van der Waals surface area contributed by atoms with Gasteiger partial charge in [0, 0.05) is 37.3 Å². The molecular weight excluding hydrogens is 480 g/mol. The maximum absolute atomic E-state index is 14.0. The van der Waals surface area contributed by atoms with E-state index in [1.165, 1.54) is 4.68 Å². The molecular formula is C28H26N8O2. The third-order valence-electron chi connectivity index (χ3n) is 6.66. The maximum Gasteiger partial charge on any atom is 0.267 e. The highest BCUT2D eigenvalue weighted by Gasteiger charge is 2.26. The molecule has 4 aromatic rings. The minimum atomic E-state index is -0.635. The van der Waals surface area contributed by atoms with Gasteiger partial charge in [0.1, 0.15) is 17.2 Å². The van der Waals surface area contributed by atoms with Crippen LogP contribution in [0.2, 0.25) is 0 Å². The Balaban J connectivity index is 1.45. The molecule has 1 saturated heterocycles. The van der Waals surface area contributed by atoms with Crippen molar-refractivity contribution in [3.8, 4) is 17.5 Å². The van der Waals surface area contributed by atoms with Crippen molar-refractivity contribution < 1.29 is 4.79 Å². The summed E-state index contributed by atoms with van der Waals surface area (Å²) in [6.07, 6.45) is 3.63. The fraction of sp³-hybridized carbons (Fsp3) is 0.214. The van der Waals surface area contributed by atoms with E-state index in [2.05, 4.69) is 32.9 Å². The summed E-state index contributed by atoms with van der Waals surface area (Å²) in [7, 11) is 0. The SMILES string of the molecule is CC(NC(=O)c1c(N)nn2c1NCC=C2)c1nc2cccc(C#CC3CNC3)c2c(=O)n1-c1ccccc1. The van der Waals surface area contributed by atoms with Crippen molar-refractivity contribution in [3.63, 3.8) is 0 Å². The predicted octanol–water partition coefficient (Wildman–Crippen LogP) is 2.12. The Labute approximate surface area is 218 Å². The third kappa shape index (κ3) is 4.09. The summed E-state index contributed by atoms with van der Waals surface area (Å²) in [5.74, 6) is 7.32. The monoisotopic (exact) mass is 506 g/mol. The Hall–Kier alpha value is -4.88. The topological polar surface area (TPSA) is 132 Å². The van der Waals surface area contributed by atoms with E-state index in [1.54, 1.807) is 23.8 Å². The van der Waals surface area contributed by atoms with Gasteiger partial charge in [-0.25, -0.2) is 9.67 Å². The van der Waals surface area contributed by atoms with E-state index >= 15 is 0 Å². The average Bonchev–Trinajstić information content (AvgIpc) is 3.23. The molecule has 0 bridgehead atoms. The third-order valence-corrected chi connectivity index (χ3v) is 6.66. The van der Waals surface area contributed by atoms with Gasteiger partial charge >= 0.3 is 0 Å². The second-order valence-electron chi connectivity index (χ2n) is 9.28. The first-order valence-corrected chi connectivity index (χ1v) is 12.4. The predicted molar refractivity (Wildman–Crippen MR) is 147 cm³/mol. The molecule has 0 aliphatic carbocycles. The molecule has 0 radical (unpaired) electrons. The number of hydrogen-bond acceptors (Lipinski definition) is 7. The smallest absolute Gasteiger partial charge is 0.267 e. The lowest BCUT2D eigenvalue weighted by molar-refractivity contribution is 0.0939. The molecule has 190 valence electrons. The summed E-state index contributed by atoms with van der Waals surface area (Å²) in [4.78, 5) is 32.3. The first kappa shape index (κ1) is 23.5. The van der Waals surface area contributed by atoms with Gasteiger partial charge in [-0.2, -0.15) is 0 Å². The summed E-state index contributed by atoms with van der Waals surface area (Å²) in [6, 6.07) is 14.1. The van der Waals surface area contributed by atoms with Crippen molar-refractivity contribution in [3.05, 3.63) is 81.9 Å². The Kier molecular flexibility index (Phi) is 5.90. The van der Waals surface area contributed by atoms with Crippen LogP contribution in [0.5, 0.6) is 0 Å². The molecule has 5 N–H and O–H groups in total. The van der Waals surface area contributed by atoms with Gasteiger partial charge < -0.3 is 21.7 Å². The first-order chi connectivity index (χ1) is 18.5. The van der Waals surface area contributed by atoms with E-state index in [0.29, 0.717) is 40.3 Å². The lowest BCUT2D eigenvalue weighted by Gasteiger charge is -2.21. The van der Waals surface area contributed by atoms with Crippen LogP contribution in [0, 0.1) is 17.8 Å². The second-order valence-corrected chi connectivity index (χ2v) is 9.28. The van der Waals surface area contributed by atoms with E-state index in [4.69, 9.17) is 10.7 Å². The van der Waals surface area contributed by atoms with Crippen molar-refractivity contribution in [2.24, 2.45) is 5.92 Å². The Morgan fingerprint density at radius 3 is 2.76 bits per heavy atom. The number of nitrogens with two attached hydrogens (primary N) is 1. The van der Waals surface area contributed by atoms with Crippen LogP contribution in [0.3, 0.4) is 0 Å². The highest BCUT2D eigenvalue weighted by Crippen LogP contribution is 2.26. The molecule has 1 amide bonds. The lowest BCUT2D eigenvalue weighted by Crippen LogP contribution is -2.40. The number of nitrogen functional groups attached to an aromatic ring is 1. The minimum Gasteiger partial charge on any atom is -0.381 e. The van der Waals surface area contributed by atoms with Crippen molar-refractivity contribution in [2.45, 2.75) is 13.0 Å². The Morgan fingerprint density at radius 1 is 1.18 bits per heavy atom. The number of nitrogens with one attached hydrogen (secondary N) is 3. The zero-order valence-corrected chi connectivity index (χ0v) is 20.7. The van der Waals surface area contributed by atoms with E-state index in [9.17, 15) is 9.59 Å². The van der Waals surface area contributed by atoms with Crippen LogP contribution in [0.4, 0.5) is 11.6 Å². The van der Waals surface area contributed by atoms with Gasteiger partial charge in [-0.3, -0.25) is 14.2 Å². The van der Waals surface area contributed by atoms with E-state index < -0.39 is 11.9 Å². The van der Waals surface area contributed by atoms with Gasteiger partial charge in [0.25, 0.3) is 11.5 Å². The van der Waals surface area contributed by atoms with Gasteiger partial charge in [-0.1, -0.05) is 36.1 Å². The number of benzene rings is 2. The molecule has 1 fully saturated rings. The summed E-state index contributed by atoms with van der Waals surface area (Å²) < 4.78 is 3.08. The quantitative estimate of drug-likeness (QED) is 0.312. The molecule has 2 aliphatic rings. The van der Waals surface area contributed by atoms with Gasteiger partial charge in [0.2, 0.25) is 0 Å². The molecule has 4 heterocycles. The zero-order chi connectivity index (χ0) is 26.2. The maximum atomic E-state index is 14.0. The van der Waals surface area contributed by atoms with Gasteiger partial charge in [-0.15, -0.1) is 5.10 Å². The molecule has 2 aromatic carbocycles. The standard InChI is InChI=1S/C28H26N8O2/c1-17(32-27(37)23-24(29)34-35-14-6-13-31-26(23)35)25-33-21-10-5-7-19(12-11-18-15-30-16-18)22(21)28(38)36(25)20-8-3-2-4-9-20/h2-10,14,17-18,30-31H,13,15-16H2,1H3,(H2,29,34)(H,32,37). The van der Waals surface area contributed by atoms with Crippen molar-refractivity contribution in [1.29, 1.82) is 0 Å². The highest BCUT2D eigenvalue weighted by atomic mass is 16.2. The van der Waals surface area contributed by atoms with Gasteiger partial charge in [0.15, 0.2) is 5.82 Å². The minimum absolute atomic E-state index is 0.112. The number of hydrogen-bond donors (Lipinski definition) is 4. The molecule has 10 heteroatoms. The van der Waals surface area contributed by atoms with E-state index in [1.807, 2.05) is 48.5 Å².